The number of rotatable bonds is 11. The fraction of sp³-hybridized carbons (Fsp3) is 0.333. The highest BCUT2D eigenvalue weighted by Crippen LogP contribution is 2.24. The molecule has 2 aromatic heterocycles. The number of benzene rings is 1. The normalized spacial score (nSPS) is 11.0. The Hall–Kier alpha value is -2.50. The number of ether oxygens (including phenoxy) is 1. The third kappa shape index (κ3) is 6.24. The van der Waals surface area contributed by atoms with Crippen molar-refractivity contribution in [2.24, 2.45) is 5.73 Å². The van der Waals surface area contributed by atoms with E-state index in [1.54, 1.807) is 19.2 Å². The van der Waals surface area contributed by atoms with Gasteiger partial charge in [-0.25, -0.2) is 9.37 Å². The SMILES string of the molecule is COCCCn1c(Cc2csc(Nc3ccc(F)cc3)n2)nnc1SCC(N)=O. The lowest BCUT2D eigenvalue weighted by Crippen LogP contribution is -2.14. The predicted molar refractivity (Wildman–Crippen MR) is 111 cm³/mol. The molecule has 0 aliphatic heterocycles. The van der Waals surface area contributed by atoms with Crippen LogP contribution >= 0.6 is 23.1 Å². The summed E-state index contributed by atoms with van der Waals surface area (Å²) in [5.74, 6) is 0.212. The van der Waals surface area contributed by atoms with Crippen molar-refractivity contribution in [3.05, 3.63) is 47.0 Å². The van der Waals surface area contributed by atoms with E-state index < -0.39 is 5.91 Å². The molecule has 0 unspecified atom stereocenters. The summed E-state index contributed by atoms with van der Waals surface area (Å²) in [6.45, 7) is 1.28. The van der Waals surface area contributed by atoms with Crippen LogP contribution in [0.25, 0.3) is 0 Å². The number of carbonyl (C=O) groups is 1. The lowest BCUT2D eigenvalue weighted by molar-refractivity contribution is -0.115. The van der Waals surface area contributed by atoms with E-state index in [1.807, 2.05) is 9.95 Å². The third-order valence-electron chi connectivity index (χ3n) is 3.85. The summed E-state index contributed by atoms with van der Waals surface area (Å²) in [6.07, 6.45) is 1.29. The van der Waals surface area contributed by atoms with E-state index in [2.05, 4.69) is 20.5 Å². The number of hydrogen-bond donors (Lipinski definition) is 2. The minimum Gasteiger partial charge on any atom is -0.385 e. The molecule has 0 fully saturated rings. The fourth-order valence-corrected chi connectivity index (χ4v) is 4.00. The van der Waals surface area contributed by atoms with Gasteiger partial charge >= 0.3 is 0 Å². The van der Waals surface area contributed by atoms with E-state index in [1.165, 1.54) is 35.2 Å². The number of primary amides is 1. The minimum absolute atomic E-state index is 0.144. The van der Waals surface area contributed by atoms with Crippen LogP contribution in [0, 0.1) is 5.82 Å². The molecule has 0 aliphatic carbocycles. The third-order valence-corrected chi connectivity index (χ3v) is 5.65. The molecule has 29 heavy (non-hydrogen) atoms. The highest BCUT2D eigenvalue weighted by molar-refractivity contribution is 7.99. The maximum atomic E-state index is 13.0. The molecule has 0 radical (unpaired) electrons. The molecule has 3 rings (SSSR count). The summed E-state index contributed by atoms with van der Waals surface area (Å²) in [4.78, 5) is 15.7. The topological polar surface area (TPSA) is 108 Å². The van der Waals surface area contributed by atoms with Crippen LogP contribution in [0.4, 0.5) is 15.2 Å². The van der Waals surface area contributed by atoms with Crippen LogP contribution < -0.4 is 11.1 Å². The zero-order valence-electron chi connectivity index (χ0n) is 15.8. The Bertz CT molecular complexity index is 944. The second-order valence-corrected chi connectivity index (χ2v) is 7.91. The Morgan fingerprint density at radius 3 is 2.86 bits per heavy atom. The second kappa shape index (κ2) is 10.3. The number of nitrogens with one attached hydrogen (secondary N) is 1. The van der Waals surface area contributed by atoms with Gasteiger partial charge in [-0.2, -0.15) is 0 Å². The molecule has 0 bridgehead atoms. The molecule has 3 N–H and O–H groups in total. The van der Waals surface area contributed by atoms with Gasteiger partial charge in [0.05, 0.1) is 17.9 Å². The van der Waals surface area contributed by atoms with Crippen LogP contribution in [0.15, 0.2) is 34.8 Å². The van der Waals surface area contributed by atoms with Gasteiger partial charge in [-0.15, -0.1) is 21.5 Å². The molecular formula is C18H21FN6O2S2. The number of nitrogens with two attached hydrogens (primary N) is 1. The molecule has 0 atom stereocenters. The first kappa shape index (κ1) is 21.2. The van der Waals surface area contributed by atoms with Crippen LogP contribution in [0.2, 0.25) is 0 Å². The maximum Gasteiger partial charge on any atom is 0.227 e. The van der Waals surface area contributed by atoms with Gasteiger partial charge in [-0.3, -0.25) is 4.79 Å². The van der Waals surface area contributed by atoms with Gasteiger partial charge in [0.1, 0.15) is 11.6 Å². The zero-order chi connectivity index (χ0) is 20.6. The first-order chi connectivity index (χ1) is 14.0. The van der Waals surface area contributed by atoms with Crippen LogP contribution in [0.3, 0.4) is 0 Å². The number of thioether (sulfide) groups is 1. The molecule has 2 heterocycles. The molecule has 8 nitrogen and oxygen atoms in total. The lowest BCUT2D eigenvalue weighted by atomic mass is 10.3. The van der Waals surface area contributed by atoms with E-state index in [4.69, 9.17) is 10.5 Å². The van der Waals surface area contributed by atoms with Crippen molar-refractivity contribution in [1.29, 1.82) is 0 Å². The number of anilines is 2. The molecule has 0 saturated heterocycles. The Morgan fingerprint density at radius 1 is 1.34 bits per heavy atom. The zero-order valence-corrected chi connectivity index (χ0v) is 17.4. The molecular weight excluding hydrogens is 415 g/mol. The average molecular weight is 437 g/mol. The first-order valence-electron chi connectivity index (χ1n) is 8.84. The highest BCUT2D eigenvalue weighted by Gasteiger charge is 2.15. The van der Waals surface area contributed by atoms with Crippen molar-refractivity contribution in [2.45, 2.75) is 24.5 Å². The highest BCUT2D eigenvalue weighted by atomic mass is 32.2. The minimum atomic E-state index is -0.404. The van der Waals surface area contributed by atoms with Gasteiger partial charge in [0.2, 0.25) is 5.91 Å². The van der Waals surface area contributed by atoms with Crippen molar-refractivity contribution in [1.82, 2.24) is 19.7 Å². The average Bonchev–Trinajstić information content (AvgIpc) is 3.29. The van der Waals surface area contributed by atoms with Gasteiger partial charge in [0.25, 0.3) is 0 Å². The smallest absolute Gasteiger partial charge is 0.227 e. The molecule has 11 heteroatoms. The van der Waals surface area contributed by atoms with Gasteiger partial charge in [0.15, 0.2) is 10.3 Å². The van der Waals surface area contributed by atoms with Gasteiger partial charge in [-0.05, 0) is 30.7 Å². The Morgan fingerprint density at radius 2 is 2.14 bits per heavy atom. The number of methoxy groups -OCH3 is 1. The van der Waals surface area contributed by atoms with E-state index in [9.17, 15) is 9.18 Å². The van der Waals surface area contributed by atoms with Crippen molar-refractivity contribution < 1.29 is 13.9 Å². The number of hydrogen-bond acceptors (Lipinski definition) is 8. The number of carbonyl (C=O) groups excluding carboxylic acids is 1. The Balaban J connectivity index is 1.70. The summed E-state index contributed by atoms with van der Waals surface area (Å²) < 4.78 is 20.1. The monoisotopic (exact) mass is 436 g/mol. The molecule has 1 aromatic carbocycles. The van der Waals surface area contributed by atoms with Crippen LogP contribution in [-0.2, 0) is 22.5 Å². The van der Waals surface area contributed by atoms with Crippen LogP contribution in [0.1, 0.15) is 17.9 Å². The maximum absolute atomic E-state index is 13.0. The quantitative estimate of drug-likeness (QED) is 0.351. The first-order valence-corrected chi connectivity index (χ1v) is 10.7. The molecule has 154 valence electrons. The number of amides is 1. The lowest BCUT2D eigenvalue weighted by Gasteiger charge is -2.09. The number of aromatic nitrogens is 4. The summed E-state index contributed by atoms with van der Waals surface area (Å²) >= 11 is 2.72. The molecule has 0 saturated carbocycles. The number of thiazole rings is 1. The van der Waals surface area contributed by atoms with Crippen molar-refractivity contribution in [3.8, 4) is 0 Å². The van der Waals surface area contributed by atoms with Crippen molar-refractivity contribution in [2.75, 3.05) is 24.8 Å². The Kier molecular flexibility index (Phi) is 7.55. The predicted octanol–water partition coefficient (Wildman–Crippen LogP) is 2.82. The van der Waals surface area contributed by atoms with Gasteiger partial charge < -0.3 is 20.4 Å². The van der Waals surface area contributed by atoms with Crippen LogP contribution in [0.5, 0.6) is 0 Å². The molecule has 1 amide bonds. The molecule has 3 aromatic rings. The van der Waals surface area contributed by atoms with E-state index in [0.29, 0.717) is 29.9 Å². The van der Waals surface area contributed by atoms with E-state index in [0.717, 1.165) is 23.6 Å². The summed E-state index contributed by atoms with van der Waals surface area (Å²) in [6, 6.07) is 6.10. The fourth-order valence-electron chi connectivity index (χ4n) is 2.55. The number of nitrogens with zero attached hydrogens (tertiary/aromatic N) is 4. The van der Waals surface area contributed by atoms with E-state index in [-0.39, 0.29) is 11.6 Å². The summed E-state index contributed by atoms with van der Waals surface area (Å²) in [7, 11) is 1.65. The molecule has 0 aliphatic rings. The standard InChI is InChI=1S/C18H21FN6O2S2/c1-27-8-2-7-25-16(23-24-18(25)29-11-15(20)26)9-14-10-28-17(22-14)21-13-5-3-12(19)4-6-13/h3-6,10H,2,7-9,11H2,1H3,(H2,20,26)(H,21,22). The van der Waals surface area contributed by atoms with Crippen molar-refractivity contribution >= 4 is 39.8 Å². The van der Waals surface area contributed by atoms with Crippen molar-refractivity contribution in [3.63, 3.8) is 0 Å². The second-order valence-electron chi connectivity index (χ2n) is 6.10. The largest absolute Gasteiger partial charge is 0.385 e. The molecule has 0 spiro atoms. The Labute approximate surface area is 175 Å². The summed E-state index contributed by atoms with van der Waals surface area (Å²) in [5.41, 5.74) is 6.85. The van der Waals surface area contributed by atoms with Crippen LogP contribution in [-0.4, -0.2) is 45.1 Å². The van der Waals surface area contributed by atoms with Gasteiger partial charge in [0, 0.05) is 31.3 Å². The summed E-state index contributed by atoms with van der Waals surface area (Å²) in [5, 5.41) is 14.9. The van der Waals surface area contributed by atoms with E-state index >= 15 is 0 Å². The number of halogens is 1. The van der Waals surface area contributed by atoms with Gasteiger partial charge in [-0.1, -0.05) is 11.8 Å².